The van der Waals surface area contributed by atoms with E-state index < -0.39 is 33.3 Å². The van der Waals surface area contributed by atoms with Crippen LogP contribution in [0.15, 0.2) is 28.7 Å². The predicted octanol–water partition coefficient (Wildman–Crippen LogP) is 1.40. The first-order valence-corrected chi connectivity index (χ1v) is 9.62. The van der Waals surface area contributed by atoms with Crippen molar-refractivity contribution in [1.82, 2.24) is 4.31 Å². The lowest BCUT2D eigenvalue weighted by Crippen LogP contribution is -2.41. The van der Waals surface area contributed by atoms with E-state index in [1.54, 1.807) is 0 Å². The number of carboxylic acid groups (broad SMARTS) is 1. The second-order valence-electron chi connectivity index (χ2n) is 5.79. The minimum Gasteiger partial charge on any atom is -0.478 e. The summed E-state index contributed by atoms with van der Waals surface area (Å²) in [7, 11) is -2.55. The Morgan fingerprint density at radius 2 is 1.96 bits per heavy atom. The van der Waals surface area contributed by atoms with Crippen LogP contribution in [0.2, 0.25) is 0 Å². The monoisotopic (exact) mass is 407 g/mol. The lowest BCUT2D eigenvalue weighted by atomic mass is 10.0. The molecule has 2 aliphatic rings. The Labute approximate surface area is 150 Å². The SMILES string of the molecule is O=C(O)C1=Cc2cc(S(=O)(=O)N3CCOCC3)ccc2OC1C(F)(F)P. The molecule has 0 bridgehead atoms. The van der Waals surface area contributed by atoms with Crippen LogP contribution in [-0.4, -0.2) is 61.9 Å². The highest BCUT2D eigenvalue weighted by Gasteiger charge is 2.44. The van der Waals surface area contributed by atoms with Crippen LogP contribution >= 0.6 is 9.24 Å². The van der Waals surface area contributed by atoms with Gasteiger partial charge in [-0.2, -0.15) is 13.1 Å². The zero-order chi connectivity index (χ0) is 19.1. The van der Waals surface area contributed by atoms with Crippen molar-refractivity contribution in [1.29, 1.82) is 0 Å². The Morgan fingerprint density at radius 3 is 2.54 bits per heavy atom. The van der Waals surface area contributed by atoms with Crippen LogP contribution in [0.4, 0.5) is 8.78 Å². The molecular formula is C15H16F2NO6PS. The van der Waals surface area contributed by atoms with Crippen molar-refractivity contribution in [3.63, 3.8) is 0 Å². The molecule has 1 saturated heterocycles. The van der Waals surface area contributed by atoms with E-state index in [-0.39, 0.29) is 42.5 Å². The smallest absolute Gasteiger partial charge is 0.335 e. The number of rotatable bonds is 4. The van der Waals surface area contributed by atoms with Gasteiger partial charge in [-0.25, -0.2) is 13.2 Å². The number of fused-ring (bicyclic) bond motifs is 1. The van der Waals surface area contributed by atoms with Gasteiger partial charge in [-0.05, 0) is 24.3 Å². The number of sulfonamides is 1. The first-order valence-electron chi connectivity index (χ1n) is 7.61. The van der Waals surface area contributed by atoms with Crippen molar-refractivity contribution in [3.8, 4) is 5.75 Å². The standard InChI is InChI=1S/C15H16F2NO6PS/c16-15(17,25)13-11(14(19)20)8-9-7-10(1-2-12(9)24-13)26(21,22)18-3-5-23-6-4-18/h1-2,7-8,13H,3-6,25H2,(H,19,20). The van der Waals surface area contributed by atoms with E-state index in [1.807, 2.05) is 0 Å². The molecule has 1 aromatic rings. The number of nitrogens with zero attached hydrogens (tertiary/aromatic N) is 1. The molecule has 2 heterocycles. The first kappa shape index (κ1) is 19.2. The molecule has 7 nitrogen and oxygen atoms in total. The fourth-order valence-electron chi connectivity index (χ4n) is 2.74. The molecule has 0 spiro atoms. The van der Waals surface area contributed by atoms with E-state index in [1.165, 1.54) is 31.7 Å². The molecule has 0 amide bonds. The molecule has 11 heteroatoms. The Morgan fingerprint density at radius 1 is 1.31 bits per heavy atom. The maximum atomic E-state index is 13.6. The number of hydrogen-bond acceptors (Lipinski definition) is 5. The second-order valence-corrected chi connectivity index (χ2v) is 8.50. The average Bonchev–Trinajstić information content (AvgIpc) is 2.60. The van der Waals surface area contributed by atoms with E-state index in [2.05, 4.69) is 0 Å². The molecule has 0 radical (unpaired) electrons. The number of morpholine rings is 1. The summed E-state index contributed by atoms with van der Waals surface area (Å²) in [5.41, 5.74) is -4.04. The van der Waals surface area contributed by atoms with Crippen molar-refractivity contribution >= 4 is 31.3 Å². The van der Waals surface area contributed by atoms with Crippen LogP contribution in [0.1, 0.15) is 5.56 Å². The number of carbonyl (C=O) groups is 1. The summed E-state index contributed by atoms with van der Waals surface area (Å²) in [6.07, 6.45) is -0.971. The maximum absolute atomic E-state index is 13.6. The summed E-state index contributed by atoms with van der Waals surface area (Å²) in [5.74, 6) is -1.58. The predicted molar refractivity (Wildman–Crippen MR) is 90.7 cm³/mol. The Bertz CT molecular complexity index is 861. The minimum absolute atomic E-state index is 0.0111. The fraction of sp³-hybridized carbons (Fsp3) is 0.400. The van der Waals surface area contributed by atoms with Crippen molar-refractivity contribution in [2.24, 2.45) is 0 Å². The van der Waals surface area contributed by atoms with Gasteiger partial charge in [0.2, 0.25) is 10.0 Å². The van der Waals surface area contributed by atoms with Crippen LogP contribution in [0.5, 0.6) is 5.75 Å². The number of alkyl halides is 2. The largest absolute Gasteiger partial charge is 0.478 e. The highest BCUT2D eigenvalue weighted by Crippen LogP contribution is 2.40. The van der Waals surface area contributed by atoms with Gasteiger partial charge < -0.3 is 14.6 Å². The van der Waals surface area contributed by atoms with Gasteiger partial charge in [0.15, 0.2) is 6.10 Å². The number of ether oxygens (including phenoxy) is 2. The van der Waals surface area contributed by atoms with Crippen molar-refractivity contribution in [2.45, 2.75) is 16.7 Å². The van der Waals surface area contributed by atoms with Gasteiger partial charge in [-0.1, -0.05) is 9.24 Å². The maximum Gasteiger partial charge on any atom is 0.335 e. The highest BCUT2D eigenvalue weighted by atomic mass is 32.2. The molecule has 1 fully saturated rings. The number of halogens is 2. The third-order valence-corrected chi connectivity index (χ3v) is 6.22. The Kier molecular flexibility index (Phi) is 5.04. The number of benzene rings is 1. The molecule has 1 N–H and O–H groups in total. The van der Waals surface area contributed by atoms with Gasteiger partial charge in [0.25, 0.3) is 5.66 Å². The molecule has 0 saturated carbocycles. The third kappa shape index (κ3) is 3.59. The van der Waals surface area contributed by atoms with Crippen molar-refractivity contribution in [3.05, 3.63) is 29.3 Å². The third-order valence-electron chi connectivity index (χ3n) is 4.02. The number of carboxylic acids is 1. The zero-order valence-electron chi connectivity index (χ0n) is 13.4. The number of aliphatic carboxylic acids is 1. The summed E-state index contributed by atoms with van der Waals surface area (Å²) in [4.78, 5) is 11.2. The first-order chi connectivity index (χ1) is 12.1. The number of hydrogen-bond donors (Lipinski definition) is 1. The van der Waals surface area contributed by atoms with Crippen LogP contribution in [0.25, 0.3) is 6.08 Å². The highest BCUT2D eigenvalue weighted by molar-refractivity contribution is 7.89. The topological polar surface area (TPSA) is 93.1 Å². The molecule has 2 unspecified atom stereocenters. The van der Waals surface area contributed by atoms with E-state index in [4.69, 9.17) is 9.47 Å². The molecule has 3 rings (SSSR count). The molecule has 142 valence electrons. The molecule has 0 aliphatic carbocycles. The Balaban J connectivity index is 2.01. The summed E-state index contributed by atoms with van der Waals surface area (Å²) < 4.78 is 64.2. The van der Waals surface area contributed by atoms with Gasteiger partial charge in [-0.3, -0.25) is 0 Å². The van der Waals surface area contributed by atoms with E-state index in [0.29, 0.717) is 0 Å². The van der Waals surface area contributed by atoms with Crippen LogP contribution in [0.3, 0.4) is 0 Å². The average molecular weight is 407 g/mol. The summed E-state index contributed by atoms with van der Waals surface area (Å²) in [6, 6.07) is 3.72. The molecule has 2 aliphatic heterocycles. The lowest BCUT2D eigenvalue weighted by molar-refractivity contribution is -0.135. The van der Waals surface area contributed by atoms with E-state index in [9.17, 15) is 27.1 Å². The van der Waals surface area contributed by atoms with Crippen LogP contribution in [0, 0.1) is 0 Å². The van der Waals surface area contributed by atoms with Gasteiger partial charge >= 0.3 is 5.97 Å². The summed E-state index contributed by atoms with van der Waals surface area (Å²) >= 11 is 0. The second kappa shape index (κ2) is 6.84. The van der Waals surface area contributed by atoms with E-state index in [0.717, 1.165) is 6.08 Å². The van der Waals surface area contributed by atoms with Crippen LogP contribution in [-0.2, 0) is 19.6 Å². The molecule has 0 aromatic heterocycles. The summed E-state index contributed by atoms with van der Waals surface area (Å²) in [6.45, 7) is 0.962. The molecular weight excluding hydrogens is 391 g/mol. The van der Waals surface area contributed by atoms with Gasteiger partial charge in [0.1, 0.15) is 5.75 Å². The molecule has 1 aromatic carbocycles. The van der Waals surface area contributed by atoms with Gasteiger partial charge in [0, 0.05) is 18.7 Å². The minimum atomic E-state index is -3.81. The molecule has 26 heavy (non-hydrogen) atoms. The van der Waals surface area contributed by atoms with Gasteiger partial charge in [0.05, 0.1) is 23.7 Å². The van der Waals surface area contributed by atoms with Gasteiger partial charge in [-0.15, -0.1) is 0 Å². The van der Waals surface area contributed by atoms with Crippen molar-refractivity contribution < 1.29 is 36.6 Å². The van der Waals surface area contributed by atoms with E-state index >= 15 is 0 Å². The van der Waals surface area contributed by atoms with Crippen LogP contribution < -0.4 is 4.74 Å². The van der Waals surface area contributed by atoms with Crippen molar-refractivity contribution in [2.75, 3.05) is 26.3 Å². The Hall–Kier alpha value is -1.61. The quantitative estimate of drug-likeness (QED) is 0.759. The lowest BCUT2D eigenvalue weighted by Gasteiger charge is -2.30. The normalized spacial score (nSPS) is 21.5. The summed E-state index contributed by atoms with van der Waals surface area (Å²) in [5, 5.41) is 9.20. The zero-order valence-corrected chi connectivity index (χ0v) is 15.4. The fourth-order valence-corrected chi connectivity index (χ4v) is 4.43. The molecule has 2 atom stereocenters.